The minimum Gasteiger partial charge on any atom is -0.354 e. The van der Waals surface area contributed by atoms with Crippen LogP contribution in [0.2, 0.25) is 5.02 Å². The smallest absolute Gasteiger partial charge is 0.243 e. The maximum atomic E-state index is 13.6. The highest BCUT2D eigenvalue weighted by atomic mass is 35.5. The lowest BCUT2D eigenvalue weighted by molar-refractivity contribution is -0.139. The molecule has 184 valence electrons. The van der Waals surface area contributed by atoms with Gasteiger partial charge in [0.15, 0.2) is 0 Å². The Morgan fingerprint density at radius 3 is 2.31 bits per heavy atom. The van der Waals surface area contributed by atoms with E-state index >= 15 is 0 Å². The molecule has 3 rings (SSSR count). The van der Waals surface area contributed by atoms with Crippen molar-refractivity contribution in [1.29, 1.82) is 0 Å². The van der Waals surface area contributed by atoms with E-state index in [0.717, 1.165) is 23.3 Å². The quantitative estimate of drug-likeness (QED) is 0.324. The van der Waals surface area contributed by atoms with Crippen LogP contribution < -0.4 is 5.32 Å². The van der Waals surface area contributed by atoms with Gasteiger partial charge in [-0.2, -0.15) is 0 Å². The first-order valence-corrected chi connectivity index (χ1v) is 13.5. The monoisotopic (exact) mass is 508 g/mol. The number of hydrogen-bond donors (Lipinski definition) is 1. The number of thioether (sulfide) groups is 1. The summed E-state index contributed by atoms with van der Waals surface area (Å²) >= 11 is 8.02. The summed E-state index contributed by atoms with van der Waals surface area (Å²) in [7, 11) is 0. The second-order valence-corrected chi connectivity index (χ2v) is 9.98. The first kappa shape index (κ1) is 26.8. The number of halogens is 1. The average molecular weight is 509 g/mol. The highest BCUT2D eigenvalue weighted by molar-refractivity contribution is 7.99. The molecule has 0 heterocycles. The third-order valence-corrected chi connectivity index (χ3v) is 7.09. The predicted octanol–water partition coefficient (Wildman–Crippen LogP) is 6.05. The van der Waals surface area contributed by atoms with Gasteiger partial charge in [-0.15, -0.1) is 11.8 Å². The fourth-order valence-electron chi connectivity index (χ4n) is 3.75. The number of rotatable bonds is 12. The topological polar surface area (TPSA) is 49.4 Å². The van der Waals surface area contributed by atoms with Crippen molar-refractivity contribution >= 4 is 35.2 Å². The van der Waals surface area contributed by atoms with Gasteiger partial charge in [0.25, 0.3) is 0 Å². The molecule has 0 aromatic heterocycles. The van der Waals surface area contributed by atoms with Crippen LogP contribution in [-0.4, -0.2) is 35.1 Å². The molecular weight excluding hydrogens is 476 g/mol. The maximum Gasteiger partial charge on any atom is 0.243 e. The van der Waals surface area contributed by atoms with E-state index in [9.17, 15) is 9.59 Å². The molecule has 0 spiro atoms. The third kappa shape index (κ3) is 8.44. The standard InChI is InChI=1S/C29H33ClN2O2S/c1-3-17-31-29(34)27(18-23-9-5-4-6-10-23)32(19-25-11-7-8-12-26(25)30)28(33)21-35-20-24-15-13-22(2)14-16-24/h4-16,27H,3,17-21H2,1-2H3,(H,31,34)/t27-/m0/s1. The molecule has 0 radical (unpaired) electrons. The van der Waals surface area contributed by atoms with Crippen molar-refractivity contribution in [2.24, 2.45) is 0 Å². The van der Waals surface area contributed by atoms with Crippen LogP contribution in [0.4, 0.5) is 0 Å². The number of nitrogens with zero attached hydrogens (tertiary/aromatic N) is 1. The molecular formula is C29H33ClN2O2S. The van der Waals surface area contributed by atoms with Crippen molar-refractivity contribution in [2.75, 3.05) is 12.3 Å². The summed E-state index contributed by atoms with van der Waals surface area (Å²) in [5.74, 6) is 0.802. The van der Waals surface area contributed by atoms with Crippen molar-refractivity contribution < 1.29 is 9.59 Å². The number of hydrogen-bond acceptors (Lipinski definition) is 3. The van der Waals surface area contributed by atoms with Crippen LogP contribution in [0.15, 0.2) is 78.9 Å². The molecule has 4 nitrogen and oxygen atoms in total. The minimum atomic E-state index is -0.632. The number of amides is 2. The highest BCUT2D eigenvalue weighted by Gasteiger charge is 2.30. The summed E-state index contributed by atoms with van der Waals surface area (Å²) in [5.41, 5.74) is 4.22. The van der Waals surface area contributed by atoms with Gasteiger partial charge >= 0.3 is 0 Å². The van der Waals surface area contributed by atoms with Gasteiger partial charge in [0.2, 0.25) is 11.8 Å². The summed E-state index contributed by atoms with van der Waals surface area (Å²) in [5, 5.41) is 3.59. The van der Waals surface area contributed by atoms with E-state index in [1.807, 2.05) is 61.5 Å². The molecule has 0 aliphatic heterocycles. The Hall–Kier alpha value is -2.76. The molecule has 0 saturated heterocycles. The zero-order valence-electron chi connectivity index (χ0n) is 20.4. The van der Waals surface area contributed by atoms with Crippen LogP contribution in [0.3, 0.4) is 0 Å². The zero-order chi connectivity index (χ0) is 25.0. The number of carbonyl (C=O) groups is 2. The fourth-order valence-corrected chi connectivity index (χ4v) is 4.82. The average Bonchev–Trinajstić information content (AvgIpc) is 2.87. The molecule has 0 unspecified atom stereocenters. The molecule has 0 aliphatic rings. The molecule has 1 atom stereocenters. The SMILES string of the molecule is CCCNC(=O)[C@H](Cc1ccccc1)N(Cc1ccccc1Cl)C(=O)CSCc1ccc(C)cc1. The van der Waals surface area contributed by atoms with E-state index in [2.05, 4.69) is 36.5 Å². The summed E-state index contributed by atoms with van der Waals surface area (Å²) < 4.78 is 0. The number of aryl methyl sites for hydroxylation is 1. The molecule has 0 fully saturated rings. The van der Waals surface area contributed by atoms with E-state index < -0.39 is 6.04 Å². The summed E-state index contributed by atoms with van der Waals surface area (Å²) in [4.78, 5) is 28.6. The minimum absolute atomic E-state index is 0.0744. The van der Waals surface area contributed by atoms with Gasteiger partial charge in [-0.05, 0) is 36.1 Å². The van der Waals surface area contributed by atoms with E-state index in [4.69, 9.17) is 11.6 Å². The van der Waals surface area contributed by atoms with Gasteiger partial charge < -0.3 is 10.2 Å². The van der Waals surface area contributed by atoms with Crippen molar-refractivity contribution in [1.82, 2.24) is 10.2 Å². The molecule has 2 amide bonds. The van der Waals surface area contributed by atoms with Crippen LogP contribution in [0.25, 0.3) is 0 Å². The van der Waals surface area contributed by atoms with Gasteiger partial charge in [-0.25, -0.2) is 0 Å². The molecule has 6 heteroatoms. The normalized spacial score (nSPS) is 11.6. The number of benzene rings is 3. The molecule has 0 saturated carbocycles. The van der Waals surface area contributed by atoms with E-state index in [-0.39, 0.29) is 24.1 Å². The molecule has 35 heavy (non-hydrogen) atoms. The molecule has 3 aromatic rings. The Morgan fingerprint density at radius 1 is 0.943 bits per heavy atom. The maximum absolute atomic E-state index is 13.6. The summed E-state index contributed by atoms with van der Waals surface area (Å²) in [6.45, 7) is 4.92. The molecule has 0 aliphatic carbocycles. The lowest BCUT2D eigenvalue weighted by Crippen LogP contribution is -2.51. The Labute approximate surface area is 218 Å². The second kappa shape index (κ2) is 14.0. The second-order valence-electron chi connectivity index (χ2n) is 8.59. The van der Waals surface area contributed by atoms with Crippen LogP contribution in [0.1, 0.15) is 35.6 Å². The largest absolute Gasteiger partial charge is 0.354 e. The number of nitrogens with one attached hydrogen (secondary N) is 1. The van der Waals surface area contributed by atoms with Gasteiger partial charge in [0, 0.05) is 30.3 Å². The zero-order valence-corrected chi connectivity index (χ0v) is 21.9. The van der Waals surface area contributed by atoms with Crippen LogP contribution in [-0.2, 0) is 28.3 Å². The Kier molecular flexibility index (Phi) is 10.7. The van der Waals surface area contributed by atoms with Gasteiger partial charge in [-0.3, -0.25) is 9.59 Å². The summed E-state index contributed by atoms with van der Waals surface area (Å²) in [6.07, 6.45) is 1.27. The molecule has 3 aromatic carbocycles. The highest BCUT2D eigenvalue weighted by Crippen LogP contribution is 2.22. The van der Waals surface area contributed by atoms with Crippen LogP contribution >= 0.6 is 23.4 Å². The van der Waals surface area contributed by atoms with Crippen molar-refractivity contribution in [3.63, 3.8) is 0 Å². The van der Waals surface area contributed by atoms with Crippen molar-refractivity contribution in [3.8, 4) is 0 Å². The third-order valence-electron chi connectivity index (χ3n) is 5.73. The Bertz CT molecular complexity index is 1090. The lowest BCUT2D eigenvalue weighted by atomic mass is 10.0. The Balaban J connectivity index is 1.83. The van der Waals surface area contributed by atoms with Gasteiger partial charge in [-0.1, -0.05) is 96.9 Å². The first-order chi connectivity index (χ1) is 17.0. The van der Waals surface area contributed by atoms with Gasteiger partial charge in [0.1, 0.15) is 6.04 Å². The Morgan fingerprint density at radius 2 is 1.63 bits per heavy atom. The van der Waals surface area contributed by atoms with Crippen molar-refractivity contribution in [3.05, 3.63) is 106 Å². The van der Waals surface area contributed by atoms with Crippen LogP contribution in [0, 0.1) is 6.92 Å². The first-order valence-electron chi connectivity index (χ1n) is 12.0. The lowest BCUT2D eigenvalue weighted by Gasteiger charge is -2.31. The van der Waals surface area contributed by atoms with Gasteiger partial charge in [0.05, 0.1) is 5.75 Å². The number of carbonyl (C=O) groups excluding carboxylic acids is 2. The fraction of sp³-hybridized carbons (Fsp3) is 0.310. The summed E-state index contributed by atoms with van der Waals surface area (Å²) in [6, 6.07) is 25.0. The van der Waals surface area contributed by atoms with Crippen molar-refractivity contribution in [2.45, 2.75) is 45.0 Å². The predicted molar refractivity (Wildman–Crippen MR) is 147 cm³/mol. The van der Waals surface area contributed by atoms with E-state index in [1.54, 1.807) is 16.7 Å². The molecule has 1 N–H and O–H groups in total. The molecule has 0 bridgehead atoms. The van der Waals surface area contributed by atoms with Crippen LogP contribution in [0.5, 0.6) is 0 Å². The van der Waals surface area contributed by atoms with E-state index in [1.165, 1.54) is 11.1 Å². The van der Waals surface area contributed by atoms with E-state index in [0.29, 0.717) is 18.0 Å².